The molecule has 4 unspecified atom stereocenters. The maximum atomic E-state index is 13.9. The predicted molar refractivity (Wildman–Crippen MR) is 133 cm³/mol. The molecule has 9 nitrogen and oxygen atoms in total. The predicted octanol–water partition coefficient (Wildman–Crippen LogP) is 6.56. The number of azide groups is 1. The van der Waals surface area contributed by atoms with E-state index in [0.29, 0.717) is 0 Å². The molecule has 6 atom stereocenters. The van der Waals surface area contributed by atoms with Crippen LogP contribution < -0.4 is 0 Å². The van der Waals surface area contributed by atoms with Gasteiger partial charge in [-0.15, -0.1) is 0 Å². The Morgan fingerprint density at radius 1 is 1.18 bits per heavy atom. The van der Waals surface area contributed by atoms with Gasteiger partial charge in [0, 0.05) is 22.6 Å². The van der Waals surface area contributed by atoms with Crippen LogP contribution in [0.3, 0.4) is 0 Å². The molecule has 2 aliphatic rings. The lowest BCUT2D eigenvalue weighted by Gasteiger charge is -2.48. The highest BCUT2D eigenvalue weighted by atomic mass is 79.9. The first kappa shape index (κ1) is 26.9. The Bertz CT molecular complexity index is 1350. The highest BCUT2D eigenvalue weighted by molar-refractivity contribution is 9.10. The van der Waals surface area contributed by atoms with Crippen molar-refractivity contribution < 1.29 is 32.1 Å². The van der Waals surface area contributed by atoms with Crippen LogP contribution in [0.25, 0.3) is 16.1 Å². The van der Waals surface area contributed by atoms with Gasteiger partial charge in [0.15, 0.2) is 6.29 Å². The van der Waals surface area contributed by atoms with Crippen LogP contribution >= 0.6 is 27.5 Å². The van der Waals surface area contributed by atoms with Gasteiger partial charge in [-0.05, 0) is 45.7 Å². The highest BCUT2D eigenvalue weighted by Gasteiger charge is 2.51. The summed E-state index contributed by atoms with van der Waals surface area (Å²) in [7, 11) is 1.39. The van der Waals surface area contributed by atoms with E-state index >= 15 is 0 Å². The average molecular weight is 615 g/mol. The van der Waals surface area contributed by atoms with Gasteiger partial charge in [0.2, 0.25) is 0 Å². The van der Waals surface area contributed by atoms with Crippen LogP contribution in [0.1, 0.15) is 29.2 Å². The van der Waals surface area contributed by atoms with Gasteiger partial charge in [-0.1, -0.05) is 47.0 Å². The number of hydrogen-bond acceptors (Lipinski definition) is 6. The van der Waals surface area contributed by atoms with Gasteiger partial charge in [-0.3, -0.25) is 0 Å². The fourth-order valence-corrected chi connectivity index (χ4v) is 5.31. The minimum absolute atomic E-state index is 0.0783. The molecule has 38 heavy (non-hydrogen) atoms. The van der Waals surface area contributed by atoms with Gasteiger partial charge in [0.05, 0.1) is 29.6 Å². The molecule has 5 rings (SSSR count). The Kier molecular flexibility index (Phi) is 7.70. The Balaban J connectivity index is 1.55. The zero-order valence-corrected chi connectivity index (χ0v) is 22.0. The highest BCUT2D eigenvalue weighted by Crippen LogP contribution is 2.43. The monoisotopic (exact) mass is 613 g/mol. The van der Waals surface area contributed by atoms with E-state index in [9.17, 15) is 18.7 Å². The summed E-state index contributed by atoms with van der Waals surface area (Å²) < 4.78 is 67.2. The van der Waals surface area contributed by atoms with Gasteiger partial charge in [-0.25, -0.2) is 4.68 Å². The van der Waals surface area contributed by atoms with E-state index < -0.39 is 48.5 Å². The molecule has 200 valence electrons. The number of rotatable bonds is 5. The van der Waals surface area contributed by atoms with E-state index in [0.717, 1.165) is 22.4 Å². The Morgan fingerprint density at radius 2 is 1.95 bits per heavy atom. The van der Waals surface area contributed by atoms with Crippen LogP contribution in [0.5, 0.6) is 0 Å². The Morgan fingerprint density at radius 3 is 2.63 bits per heavy atom. The number of halogens is 5. The van der Waals surface area contributed by atoms with E-state index in [4.69, 9.17) is 30.5 Å². The van der Waals surface area contributed by atoms with E-state index in [-0.39, 0.29) is 27.6 Å². The molecule has 2 fully saturated rings. The van der Waals surface area contributed by atoms with E-state index in [1.807, 2.05) is 30.3 Å². The molecule has 0 aliphatic carbocycles. The molecule has 2 saturated heterocycles. The molecule has 3 heterocycles. The quantitative estimate of drug-likeness (QED) is 0.184. The molecular weight excluding hydrogens is 595 g/mol. The second kappa shape index (κ2) is 10.9. The normalized spacial score (nSPS) is 27.4. The van der Waals surface area contributed by atoms with Crippen molar-refractivity contribution in [2.45, 2.75) is 42.9 Å². The first-order valence-corrected chi connectivity index (χ1v) is 12.6. The van der Waals surface area contributed by atoms with E-state index in [1.54, 1.807) is 0 Å². The lowest BCUT2D eigenvalue weighted by atomic mass is 9.90. The molecular formula is C24H20BrClF3N5O4. The largest absolute Gasteiger partial charge is 0.418 e. The lowest BCUT2D eigenvalue weighted by Crippen LogP contribution is -2.59. The fraction of sp³-hybridized carbons (Fsp3) is 0.375. The second-order valence-corrected chi connectivity index (χ2v) is 9.88. The molecule has 0 amide bonds. The summed E-state index contributed by atoms with van der Waals surface area (Å²) >= 11 is 9.33. The van der Waals surface area contributed by atoms with Crippen molar-refractivity contribution in [3.63, 3.8) is 0 Å². The van der Waals surface area contributed by atoms with Gasteiger partial charge in [0.25, 0.3) is 0 Å². The summed E-state index contributed by atoms with van der Waals surface area (Å²) in [6.45, 7) is 0.0783. The molecule has 2 aromatic carbocycles. The van der Waals surface area contributed by atoms with Crippen LogP contribution in [0, 0.1) is 0 Å². The molecule has 0 saturated carbocycles. The Hall–Kier alpha value is -2.64. The maximum Gasteiger partial charge on any atom is 0.418 e. The summed E-state index contributed by atoms with van der Waals surface area (Å²) in [6, 6.07) is 13.1. The third kappa shape index (κ3) is 5.15. The van der Waals surface area contributed by atoms with Crippen molar-refractivity contribution in [1.82, 2.24) is 9.78 Å². The SMILES string of the molecule is COC1C(N=[N+]=[N-])[C@H]2OC(c3ccccc3)OCC2O[C@H]1c1cc(Br)nn1-c1cc(Cl)ccc1C(F)(F)F. The Labute approximate surface area is 228 Å². The number of aromatic nitrogens is 2. The topological polar surface area (TPSA) is 104 Å². The number of benzene rings is 2. The standard InChI is InChI=1S/C24H20BrClF3N5O4/c1-35-22-19(31-33-30)21-17(11-36-23(38-21)12-5-3-2-4-6-12)37-20(22)16-10-18(25)32-34(16)15-9-13(26)7-8-14(15)24(27,28)29/h2-10,17,19-23H,11H2,1H3/t17?,19?,20-,21-,22?,23?/m0/s1. The number of methoxy groups -OCH3 is 1. The van der Waals surface area contributed by atoms with Crippen LogP contribution in [0.4, 0.5) is 13.2 Å². The second-order valence-electron chi connectivity index (χ2n) is 8.63. The molecule has 0 radical (unpaired) electrons. The summed E-state index contributed by atoms with van der Waals surface area (Å²) in [5.41, 5.74) is 9.11. The third-order valence-electron chi connectivity index (χ3n) is 6.37. The van der Waals surface area contributed by atoms with Crippen molar-refractivity contribution in [1.29, 1.82) is 0 Å². The van der Waals surface area contributed by atoms with Crippen molar-refractivity contribution in [2.24, 2.45) is 5.11 Å². The fourth-order valence-electron chi connectivity index (χ4n) is 4.75. The molecule has 14 heteroatoms. The molecule has 3 aromatic rings. The summed E-state index contributed by atoms with van der Waals surface area (Å²) in [6.07, 6.45) is -8.81. The van der Waals surface area contributed by atoms with Crippen molar-refractivity contribution in [3.05, 3.63) is 91.5 Å². The molecule has 2 aliphatic heterocycles. The minimum atomic E-state index is -4.68. The number of nitrogens with zero attached hydrogens (tertiary/aromatic N) is 5. The molecule has 0 bridgehead atoms. The number of alkyl halides is 3. The van der Waals surface area contributed by atoms with Gasteiger partial charge >= 0.3 is 6.18 Å². The minimum Gasteiger partial charge on any atom is -0.378 e. The smallest absolute Gasteiger partial charge is 0.378 e. The molecule has 1 aromatic heterocycles. The first-order chi connectivity index (χ1) is 18.2. The zero-order valence-electron chi connectivity index (χ0n) is 19.6. The first-order valence-electron chi connectivity index (χ1n) is 11.4. The van der Waals surface area contributed by atoms with E-state index in [2.05, 4.69) is 31.1 Å². The molecule has 0 spiro atoms. The number of fused-ring (bicyclic) bond motifs is 1. The lowest BCUT2D eigenvalue weighted by molar-refractivity contribution is -0.310. The zero-order chi connectivity index (χ0) is 27.0. The average Bonchev–Trinajstić information content (AvgIpc) is 3.29. The van der Waals surface area contributed by atoms with Crippen molar-refractivity contribution >= 4 is 27.5 Å². The summed E-state index contributed by atoms with van der Waals surface area (Å²) in [5.74, 6) is 0. The molecule has 0 N–H and O–H groups in total. The van der Waals surface area contributed by atoms with Crippen molar-refractivity contribution in [2.75, 3.05) is 13.7 Å². The number of hydrogen-bond donors (Lipinski definition) is 0. The van der Waals surface area contributed by atoms with Crippen LogP contribution in [-0.2, 0) is 25.1 Å². The van der Waals surface area contributed by atoms with Gasteiger partial charge in [-0.2, -0.15) is 18.3 Å². The summed E-state index contributed by atoms with van der Waals surface area (Å²) in [5, 5.41) is 8.29. The van der Waals surface area contributed by atoms with Crippen LogP contribution in [0.2, 0.25) is 5.02 Å². The van der Waals surface area contributed by atoms with Crippen molar-refractivity contribution in [3.8, 4) is 5.69 Å². The maximum absolute atomic E-state index is 13.9. The third-order valence-corrected chi connectivity index (χ3v) is 7.00. The van der Waals surface area contributed by atoms with E-state index in [1.165, 1.54) is 19.2 Å². The van der Waals surface area contributed by atoms with Gasteiger partial charge in [0.1, 0.15) is 29.0 Å². The van der Waals surface area contributed by atoms with Crippen LogP contribution in [0.15, 0.2) is 64.3 Å². The van der Waals surface area contributed by atoms with Crippen LogP contribution in [-0.4, -0.2) is 47.9 Å². The van der Waals surface area contributed by atoms with Gasteiger partial charge < -0.3 is 18.9 Å². The number of ether oxygens (including phenoxy) is 4. The summed E-state index contributed by atoms with van der Waals surface area (Å²) in [4.78, 5) is 2.99.